The molecule has 1 saturated carbocycles. The normalized spacial score (nSPS) is 18.6. The quantitative estimate of drug-likeness (QED) is 0.777. The fourth-order valence-corrected chi connectivity index (χ4v) is 1.90. The highest BCUT2D eigenvalue weighted by molar-refractivity contribution is 6.03. The van der Waals surface area contributed by atoms with Gasteiger partial charge in [-0.05, 0) is 18.9 Å². The zero-order chi connectivity index (χ0) is 14.3. The molecule has 2 heterocycles. The summed E-state index contributed by atoms with van der Waals surface area (Å²) >= 11 is 0. The van der Waals surface area contributed by atoms with Crippen LogP contribution in [0, 0.1) is 0 Å². The molecule has 20 heavy (non-hydrogen) atoms. The van der Waals surface area contributed by atoms with Crippen LogP contribution >= 0.6 is 0 Å². The molecule has 2 aliphatic rings. The topological polar surface area (TPSA) is 95.5 Å². The Morgan fingerprint density at radius 3 is 2.75 bits per heavy atom. The van der Waals surface area contributed by atoms with E-state index in [4.69, 9.17) is 0 Å². The number of amides is 4. The van der Waals surface area contributed by atoms with Gasteiger partial charge in [0.1, 0.15) is 18.1 Å². The molecule has 0 bridgehead atoms. The van der Waals surface area contributed by atoms with Crippen molar-refractivity contribution in [3.63, 3.8) is 0 Å². The van der Waals surface area contributed by atoms with Crippen molar-refractivity contribution in [2.45, 2.75) is 18.8 Å². The molecule has 1 aliphatic heterocycles. The summed E-state index contributed by atoms with van der Waals surface area (Å²) in [6.45, 7) is -0.165. The van der Waals surface area contributed by atoms with Crippen LogP contribution in [0.3, 0.4) is 0 Å². The number of nitrogens with zero attached hydrogens (tertiary/aromatic N) is 4. The van der Waals surface area contributed by atoms with Gasteiger partial charge in [-0.2, -0.15) is 0 Å². The van der Waals surface area contributed by atoms with Crippen LogP contribution in [0.5, 0.6) is 0 Å². The molecular formula is C12H13N5O3. The van der Waals surface area contributed by atoms with Gasteiger partial charge in [-0.15, -0.1) is 0 Å². The fraction of sp³-hybridized carbons (Fsp3) is 0.417. The minimum Gasteiger partial charge on any atom is -0.272 e. The number of urea groups is 1. The van der Waals surface area contributed by atoms with Crippen LogP contribution in [0.1, 0.15) is 35.1 Å². The summed E-state index contributed by atoms with van der Waals surface area (Å²) in [4.78, 5) is 44.3. The molecule has 1 aliphatic carbocycles. The molecule has 0 spiro atoms. The van der Waals surface area contributed by atoms with Crippen LogP contribution in [0.25, 0.3) is 0 Å². The van der Waals surface area contributed by atoms with Crippen molar-refractivity contribution in [2.75, 3.05) is 13.6 Å². The van der Waals surface area contributed by atoms with Crippen LogP contribution in [-0.4, -0.2) is 51.3 Å². The van der Waals surface area contributed by atoms with Gasteiger partial charge in [0.05, 0.1) is 0 Å². The first-order chi connectivity index (χ1) is 9.56. The number of hydrogen-bond donors (Lipinski definition) is 1. The van der Waals surface area contributed by atoms with Gasteiger partial charge >= 0.3 is 6.03 Å². The van der Waals surface area contributed by atoms with Gasteiger partial charge in [-0.1, -0.05) is 0 Å². The van der Waals surface area contributed by atoms with E-state index in [1.54, 1.807) is 0 Å². The Kier molecular flexibility index (Phi) is 2.85. The zero-order valence-electron chi connectivity index (χ0n) is 10.9. The van der Waals surface area contributed by atoms with Gasteiger partial charge in [0.15, 0.2) is 0 Å². The molecule has 1 aromatic heterocycles. The highest BCUT2D eigenvalue weighted by Crippen LogP contribution is 2.37. The van der Waals surface area contributed by atoms with Crippen LogP contribution in [0.15, 0.2) is 12.3 Å². The molecule has 1 saturated heterocycles. The fourth-order valence-electron chi connectivity index (χ4n) is 1.90. The standard InChI is InChI=1S/C12H13N5O3/c1-16-9(18)6-17(12(16)20)15-11(19)8-4-5-13-10(14-8)7-2-3-7/h4-5,7H,2-3,6H2,1H3,(H,15,19). The van der Waals surface area contributed by atoms with Crippen LogP contribution in [0.2, 0.25) is 0 Å². The smallest absolute Gasteiger partial charge is 0.272 e. The maximum absolute atomic E-state index is 12.0. The number of rotatable bonds is 3. The number of carbonyl (C=O) groups excluding carboxylic acids is 3. The van der Waals surface area contributed by atoms with Crippen molar-refractivity contribution in [1.29, 1.82) is 0 Å². The summed E-state index contributed by atoms with van der Waals surface area (Å²) in [6.07, 6.45) is 3.60. The second-order valence-electron chi connectivity index (χ2n) is 4.84. The molecule has 1 aromatic rings. The lowest BCUT2D eigenvalue weighted by Crippen LogP contribution is -2.44. The number of carbonyl (C=O) groups is 3. The summed E-state index contributed by atoms with van der Waals surface area (Å²) in [5.41, 5.74) is 2.58. The molecular weight excluding hydrogens is 262 g/mol. The highest BCUT2D eigenvalue weighted by Gasteiger charge is 2.34. The van der Waals surface area contributed by atoms with Gasteiger partial charge in [0.2, 0.25) is 0 Å². The lowest BCUT2D eigenvalue weighted by Gasteiger charge is -2.15. The van der Waals surface area contributed by atoms with E-state index >= 15 is 0 Å². The third-order valence-electron chi connectivity index (χ3n) is 3.27. The predicted molar refractivity (Wildman–Crippen MR) is 66.3 cm³/mol. The molecule has 4 amide bonds. The van der Waals surface area contributed by atoms with Crippen molar-refractivity contribution in [1.82, 2.24) is 25.3 Å². The SMILES string of the molecule is CN1C(=O)CN(NC(=O)c2ccnc(C3CC3)n2)C1=O. The van der Waals surface area contributed by atoms with E-state index in [2.05, 4.69) is 15.4 Å². The molecule has 0 atom stereocenters. The Morgan fingerprint density at radius 2 is 2.15 bits per heavy atom. The van der Waals surface area contributed by atoms with Crippen LogP contribution in [0.4, 0.5) is 4.79 Å². The lowest BCUT2D eigenvalue weighted by molar-refractivity contribution is -0.124. The summed E-state index contributed by atoms with van der Waals surface area (Å²) in [5, 5.41) is 0.976. The largest absolute Gasteiger partial charge is 0.345 e. The maximum Gasteiger partial charge on any atom is 0.345 e. The van der Waals surface area contributed by atoms with Crippen molar-refractivity contribution in [3.05, 3.63) is 23.8 Å². The van der Waals surface area contributed by atoms with Crippen molar-refractivity contribution in [2.24, 2.45) is 0 Å². The molecule has 8 nitrogen and oxygen atoms in total. The van der Waals surface area contributed by atoms with E-state index in [1.807, 2.05) is 0 Å². The average Bonchev–Trinajstić information content (AvgIpc) is 3.26. The molecule has 1 N–H and O–H groups in total. The monoisotopic (exact) mass is 275 g/mol. The second kappa shape index (κ2) is 4.55. The van der Waals surface area contributed by atoms with Gasteiger partial charge in [-0.25, -0.2) is 19.8 Å². The Labute approximate surface area is 114 Å². The number of aromatic nitrogens is 2. The Balaban J connectivity index is 1.72. The Morgan fingerprint density at radius 1 is 1.40 bits per heavy atom. The number of likely N-dealkylation sites (N-methyl/N-ethyl adjacent to an activating group) is 1. The first-order valence-corrected chi connectivity index (χ1v) is 6.28. The van der Waals surface area contributed by atoms with E-state index in [1.165, 1.54) is 19.3 Å². The minimum atomic E-state index is -0.556. The lowest BCUT2D eigenvalue weighted by atomic mass is 10.3. The summed E-state index contributed by atoms with van der Waals surface area (Å²) in [5.74, 6) is 0.102. The number of hydrogen-bond acceptors (Lipinski definition) is 5. The van der Waals surface area contributed by atoms with Gasteiger partial charge in [0.25, 0.3) is 11.8 Å². The Hall–Kier alpha value is -2.51. The first-order valence-electron chi connectivity index (χ1n) is 6.28. The minimum absolute atomic E-state index is 0.165. The third kappa shape index (κ3) is 2.20. The van der Waals surface area contributed by atoms with Crippen molar-refractivity contribution in [3.8, 4) is 0 Å². The number of imide groups is 1. The van der Waals surface area contributed by atoms with Crippen molar-refractivity contribution < 1.29 is 14.4 Å². The summed E-state index contributed by atoms with van der Waals surface area (Å²) in [6, 6.07) is 0.924. The van der Waals surface area contributed by atoms with Gasteiger partial charge in [-0.3, -0.25) is 19.9 Å². The molecule has 2 fully saturated rings. The average molecular weight is 275 g/mol. The van der Waals surface area contributed by atoms with Gasteiger partial charge in [0, 0.05) is 19.2 Å². The van der Waals surface area contributed by atoms with Gasteiger partial charge < -0.3 is 0 Å². The highest BCUT2D eigenvalue weighted by atomic mass is 16.2. The number of nitrogens with one attached hydrogen (secondary N) is 1. The maximum atomic E-state index is 12.0. The molecule has 104 valence electrons. The number of hydrazine groups is 1. The van der Waals surface area contributed by atoms with Crippen molar-refractivity contribution >= 4 is 17.8 Å². The van der Waals surface area contributed by atoms with E-state index in [9.17, 15) is 14.4 Å². The molecule has 0 aromatic carbocycles. The molecule has 0 unspecified atom stereocenters. The molecule has 8 heteroatoms. The molecule has 3 rings (SSSR count). The summed E-state index contributed by atoms with van der Waals surface area (Å²) < 4.78 is 0. The second-order valence-corrected chi connectivity index (χ2v) is 4.84. The van der Waals surface area contributed by atoms with Crippen LogP contribution in [-0.2, 0) is 4.79 Å². The summed E-state index contributed by atoms with van der Waals surface area (Å²) in [7, 11) is 1.37. The van der Waals surface area contributed by atoms with Crippen LogP contribution < -0.4 is 5.43 Å². The molecule has 0 radical (unpaired) electrons. The predicted octanol–water partition coefficient (Wildman–Crippen LogP) is -0.107. The Bertz CT molecular complexity index is 599. The zero-order valence-corrected chi connectivity index (χ0v) is 10.9. The van der Waals surface area contributed by atoms with E-state index in [0.29, 0.717) is 11.7 Å². The van der Waals surface area contributed by atoms with E-state index in [-0.39, 0.29) is 18.1 Å². The van der Waals surface area contributed by atoms with E-state index in [0.717, 1.165) is 22.8 Å². The third-order valence-corrected chi connectivity index (χ3v) is 3.27. The first kappa shape index (κ1) is 12.5. The van der Waals surface area contributed by atoms with E-state index < -0.39 is 11.9 Å².